The van der Waals surface area contributed by atoms with E-state index in [2.05, 4.69) is 0 Å². The highest BCUT2D eigenvalue weighted by Gasteiger charge is 2.08. The molecule has 5 nitrogen and oxygen atoms in total. The zero-order chi connectivity index (χ0) is 15.1. The van der Waals surface area contributed by atoms with Crippen molar-refractivity contribution in [1.82, 2.24) is 0 Å². The number of quaternary nitrogens is 1. The summed E-state index contributed by atoms with van der Waals surface area (Å²) in [5.41, 5.74) is 1.66. The number of para-hydroxylation sites is 1. The summed E-state index contributed by atoms with van der Waals surface area (Å²) < 4.78 is 11.0. The molecule has 5 heteroatoms. The third-order valence-electron chi connectivity index (χ3n) is 2.85. The highest BCUT2D eigenvalue weighted by molar-refractivity contribution is 5.61. The number of hydrogen-bond acceptors (Lipinski definition) is 4. The molecule has 0 spiro atoms. The Labute approximate surface area is 123 Å². The van der Waals surface area contributed by atoms with Crippen LogP contribution in [0.2, 0.25) is 0 Å². The van der Waals surface area contributed by atoms with Crippen LogP contribution < -0.4 is 14.7 Å². The molecule has 0 saturated carbocycles. The van der Waals surface area contributed by atoms with Crippen LogP contribution in [0.4, 0.5) is 0 Å². The van der Waals surface area contributed by atoms with Gasteiger partial charge in [0.2, 0.25) is 0 Å². The van der Waals surface area contributed by atoms with Gasteiger partial charge in [-0.1, -0.05) is 42.5 Å². The molecule has 0 radical (unpaired) electrons. The Morgan fingerprint density at radius 2 is 1.81 bits per heavy atom. The molecular formula is C16H16NO4-. The molecule has 21 heavy (non-hydrogen) atoms. The van der Waals surface area contributed by atoms with Crippen LogP contribution in [0.1, 0.15) is 11.1 Å². The van der Waals surface area contributed by atoms with Crippen molar-refractivity contribution in [3.05, 3.63) is 76.3 Å². The monoisotopic (exact) mass is 286 g/mol. The molecule has 0 amide bonds. The van der Waals surface area contributed by atoms with E-state index in [1.54, 1.807) is 18.2 Å². The van der Waals surface area contributed by atoms with Crippen molar-refractivity contribution in [1.29, 1.82) is 0 Å². The fourth-order valence-corrected chi connectivity index (χ4v) is 1.89. The molecule has 0 aliphatic carbocycles. The first-order chi connectivity index (χ1) is 10.2. The maximum absolute atomic E-state index is 10.5. The predicted molar refractivity (Wildman–Crippen MR) is 80.5 cm³/mol. The second-order valence-corrected chi connectivity index (χ2v) is 4.31. The number of nitrogens with one attached hydrogen (secondary N) is 1. The average Bonchev–Trinajstić information content (AvgIpc) is 2.51. The van der Waals surface area contributed by atoms with Gasteiger partial charge < -0.3 is 25.1 Å². The molecule has 0 aliphatic heterocycles. The summed E-state index contributed by atoms with van der Waals surface area (Å²) in [6, 6.07) is 15.0. The van der Waals surface area contributed by atoms with E-state index in [9.17, 15) is 10.4 Å². The minimum Gasteiger partial charge on any atom is -0.628 e. The molecule has 0 atom stereocenters. The van der Waals surface area contributed by atoms with Crippen molar-refractivity contribution in [2.45, 2.75) is 6.61 Å². The highest BCUT2D eigenvalue weighted by Crippen LogP contribution is 2.32. The zero-order valence-electron chi connectivity index (χ0n) is 11.6. The van der Waals surface area contributed by atoms with E-state index in [-0.39, 0.29) is 0 Å². The molecule has 0 aromatic heterocycles. The minimum atomic E-state index is -1.26. The number of hydroxylamine groups is 2. The van der Waals surface area contributed by atoms with Crippen molar-refractivity contribution in [3.63, 3.8) is 0 Å². The van der Waals surface area contributed by atoms with Gasteiger partial charge in [0, 0.05) is 11.6 Å². The van der Waals surface area contributed by atoms with Crippen molar-refractivity contribution in [3.8, 4) is 11.5 Å². The minimum absolute atomic E-state index is 0.408. The first-order valence-electron chi connectivity index (χ1n) is 6.43. The molecule has 0 saturated heterocycles. The van der Waals surface area contributed by atoms with Gasteiger partial charge in [-0.15, -0.1) is 0 Å². The van der Waals surface area contributed by atoms with Gasteiger partial charge >= 0.3 is 0 Å². The molecule has 2 aromatic rings. The molecule has 0 fully saturated rings. The molecule has 2 rings (SSSR count). The lowest BCUT2D eigenvalue weighted by Crippen LogP contribution is -2.96. The van der Waals surface area contributed by atoms with Crippen LogP contribution in [-0.2, 0) is 6.61 Å². The average molecular weight is 286 g/mol. The van der Waals surface area contributed by atoms with Crippen molar-refractivity contribution in [2.75, 3.05) is 7.11 Å². The molecule has 0 heterocycles. The highest BCUT2D eigenvalue weighted by atomic mass is 16.8. The van der Waals surface area contributed by atoms with Crippen LogP contribution in [0.25, 0.3) is 6.08 Å². The van der Waals surface area contributed by atoms with E-state index >= 15 is 0 Å². The van der Waals surface area contributed by atoms with Gasteiger partial charge in [-0.3, -0.25) is 0 Å². The van der Waals surface area contributed by atoms with Gasteiger partial charge in [0.1, 0.15) is 6.61 Å². The van der Waals surface area contributed by atoms with Gasteiger partial charge in [0.25, 0.3) is 0 Å². The number of methoxy groups -OCH3 is 1. The van der Waals surface area contributed by atoms with E-state index in [4.69, 9.17) is 9.47 Å². The maximum atomic E-state index is 10.5. The number of ether oxygens (including phenoxy) is 2. The van der Waals surface area contributed by atoms with Crippen molar-refractivity contribution >= 4 is 6.08 Å². The second-order valence-electron chi connectivity index (χ2n) is 4.31. The lowest BCUT2D eigenvalue weighted by Gasteiger charge is -2.19. The standard InChI is InChI=1S/C16H16NO4/c1-20-16-14(10-11-17(18)19)8-5-9-15(16)21-12-13-6-3-2-4-7-13/h2-11,17H,12H2,1H3/q-1/b11-10+. The first-order valence-corrected chi connectivity index (χ1v) is 6.43. The summed E-state index contributed by atoms with van der Waals surface area (Å²) in [5, 5.41) is 19.7. The molecule has 110 valence electrons. The van der Waals surface area contributed by atoms with Gasteiger partial charge in [-0.25, -0.2) is 0 Å². The smallest absolute Gasteiger partial charge is 0.168 e. The topological polar surface area (TPSA) is 69.0 Å². The largest absolute Gasteiger partial charge is 0.628 e. The molecule has 0 unspecified atom stereocenters. The first kappa shape index (κ1) is 15.1. The summed E-state index contributed by atoms with van der Waals surface area (Å²) in [5.74, 6) is 1.05. The van der Waals surface area contributed by atoms with Crippen molar-refractivity contribution in [2.24, 2.45) is 0 Å². The van der Waals surface area contributed by atoms with Gasteiger partial charge in [-0.05, 0) is 11.6 Å². The zero-order valence-corrected chi connectivity index (χ0v) is 11.6. The quantitative estimate of drug-likeness (QED) is 0.826. The Hall–Kier alpha value is -2.34. The predicted octanol–water partition coefficient (Wildman–Crippen LogP) is 2.13. The second kappa shape index (κ2) is 7.44. The molecule has 2 aromatic carbocycles. The van der Waals surface area contributed by atoms with E-state index < -0.39 is 5.23 Å². The van der Waals surface area contributed by atoms with E-state index in [1.165, 1.54) is 13.2 Å². The Bertz CT molecular complexity index is 596. The van der Waals surface area contributed by atoms with E-state index in [0.717, 1.165) is 11.8 Å². The third kappa shape index (κ3) is 4.32. The van der Waals surface area contributed by atoms with Crippen LogP contribution >= 0.6 is 0 Å². The lowest BCUT2D eigenvalue weighted by molar-refractivity contribution is -0.730. The Balaban J connectivity index is 2.17. The van der Waals surface area contributed by atoms with Crippen LogP contribution in [0, 0.1) is 10.4 Å². The Kier molecular flexibility index (Phi) is 5.34. The Morgan fingerprint density at radius 1 is 1.05 bits per heavy atom. The fourth-order valence-electron chi connectivity index (χ4n) is 1.89. The maximum Gasteiger partial charge on any atom is 0.168 e. The normalized spacial score (nSPS) is 11.0. The van der Waals surface area contributed by atoms with Crippen LogP contribution in [0.5, 0.6) is 11.5 Å². The Morgan fingerprint density at radius 3 is 2.48 bits per heavy atom. The van der Waals surface area contributed by atoms with E-state index in [1.807, 2.05) is 30.3 Å². The molecule has 0 bridgehead atoms. The molecule has 1 N–H and O–H groups in total. The van der Waals surface area contributed by atoms with Gasteiger partial charge in [0.05, 0.1) is 13.3 Å². The number of hydrogen-bond donors (Lipinski definition) is 1. The molecular weight excluding hydrogens is 270 g/mol. The summed E-state index contributed by atoms with van der Waals surface area (Å²) >= 11 is 0. The van der Waals surface area contributed by atoms with Crippen LogP contribution in [0.15, 0.2) is 54.7 Å². The summed E-state index contributed by atoms with van der Waals surface area (Å²) in [7, 11) is 1.51. The lowest BCUT2D eigenvalue weighted by atomic mass is 10.2. The summed E-state index contributed by atoms with van der Waals surface area (Å²) in [4.78, 5) is 0. The van der Waals surface area contributed by atoms with Gasteiger partial charge in [0.15, 0.2) is 11.5 Å². The van der Waals surface area contributed by atoms with Crippen LogP contribution in [0.3, 0.4) is 0 Å². The van der Waals surface area contributed by atoms with Crippen molar-refractivity contribution < 1.29 is 14.7 Å². The number of benzene rings is 2. The summed E-state index contributed by atoms with van der Waals surface area (Å²) in [6.45, 7) is 0.408. The third-order valence-corrected chi connectivity index (χ3v) is 2.85. The van der Waals surface area contributed by atoms with Crippen LogP contribution in [-0.4, -0.2) is 7.11 Å². The molecule has 0 aliphatic rings. The van der Waals surface area contributed by atoms with E-state index in [0.29, 0.717) is 23.7 Å². The summed E-state index contributed by atoms with van der Waals surface area (Å²) in [6.07, 6.45) is 2.38. The SMILES string of the molecule is COc1c(/C=C/[NH+]([O-])[O-])cccc1OCc1ccccc1. The van der Waals surface area contributed by atoms with Gasteiger partial charge in [-0.2, -0.15) is 0 Å². The number of rotatable bonds is 6. The fraction of sp³-hybridized carbons (Fsp3) is 0.125.